The summed E-state index contributed by atoms with van der Waals surface area (Å²) in [7, 11) is -4.02. The molecule has 0 amide bonds. The van der Waals surface area contributed by atoms with Crippen LogP contribution in [0.2, 0.25) is 0 Å². The molecule has 2 aromatic carbocycles. The van der Waals surface area contributed by atoms with E-state index in [9.17, 15) is 21.6 Å². The largest absolute Gasteiger partial charge is 0.416 e. The summed E-state index contributed by atoms with van der Waals surface area (Å²) in [5.74, 6) is 0. The molecule has 158 valence electrons. The molecule has 0 unspecified atom stereocenters. The van der Waals surface area contributed by atoms with Crippen molar-refractivity contribution in [1.29, 1.82) is 0 Å². The van der Waals surface area contributed by atoms with E-state index in [0.717, 1.165) is 61.1 Å². The Kier molecular flexibility index (Phi) is 8.05. The fraction of sp³-hybridized carbons (Fsp3) is 0.364. The summed E-state index contributed by atoms with van der Waals surface area (Å²) in [5, 5.41) is 0. The maximum Gasteiger partial charge on any atom is 0.416 e. The lowest BCUT2D eigenvalue weighted by Gasteiger charge is -2.23. The van der Waals surface area contributed by atoms with Crippen molar-refractivity contribution in [2.24, 2.45) is 0 Å². The highest BCUT2D eigenvalue weighted by molar-refractivity contribution is 7.89. The Bertz CT molecular complexity index is 905. The number of alkyl halides is 3. The number of hydrogen-bond donors (Lipinski definition) is 1. The summed E-state index contributed by atoms with van der Waals surface area (Å²) in [5.41, 5.74) is 0.861. The van der Waals surface area contributed by atoms with Gasteiger partial charge in [-0.25, -0.2) is 8.42 Å². The molecule has 0 bridgehead atoms. The van der Waals surface area contributed by atoms with Crippen LogP contribution in [0, 0.1) is 0 Å². The Balaban J connectivity index is 2.41. The van der Waals surface area contributed by atoms with E-state index in [1.165, 1.54) is 0 Å². The monoisotopic (exact) mass is 425 g/mol. The van der Waals surface area contributed by atoms with E-state index < -0.39 is 27.8 Å². The van der Waals surface area contributed by atoms with Crippen molar-refractivity contribution in [2.45, 2.75) is 56.6 Å². The fourth-order valence-corrected chi connectivity index (χ4v) is 4.26. The molecule has 3 nitrogen and oxygen atoms in total. The topological polar surface area (TPSA) is 46.2 Å². The van der Waals surface area contributed by atoms with Gasteiger partial charge in [-0.1, -0.05) is 68.7 Å². The van der Waals surface area contributed by atoms with Gasteiger partial charge in [-0.05, 0) is 42.7 Å². The maximum absolute atomic E-state index is 12.9. The minimum absolute atomic E-state index is 0.197. The normalized spacial score (nSPS) is 14.0. The zero-order chi connectivity index (χ0) is 21.5. The summed E-state index contributed by atoms with van der Waals surface area (Å²) in [6, 6.07) is 12.2. The molecule has 2 rings (SSSR count). The second kappa shape index (κ2) is 10.1. The summed E-state index contributed by atoms with van der Waals surface area (Å²) < 4.78 is 66.9. The first-order valence-corrected chi connectivity index (χ1v) is 11.1. The molecule has 0 fully saturated rings. The molecule has 0 heterocycles. The molecule has 1 atom stereocenters. The van der Waals surface area contributed by atoms with Crippen molar-refractivity contribution < 1.29 is 21.6 Å². The summed E-state index contributed by atoms with van der Waals surface area (Å²) in [4.78, 5) is -0.197. The van der Waals surface area contributed by atoms with Crippen LogP contribution in [0.5, 0.6) is 0 Å². The molecule has 7 heteroatoms. The molecule has 29 heavy (non-hydrogen) atoms. The lowest BCUT2D eigenvalue weighted by Crippen LogP contribution is -2.30. The molecule has 0 aliphatic rings. The molecular weight excluding hydrogens is 399 g/mol. The number of sulfonamides is 1. The Morgan fingerprint density at radius 3 is 2.14 bits per heavy atom. The first-order chi connectivity index (χ1) is 13.7. The van der Waals surface area contributed by atoms with E-state index in [1.807, 2.05) is 44.2 Å². The van der Waals surface area contributed by atoms with Crippen molar-refractivity contribution in [2.75, 3.05) is 0 Å². The third kappa shape index (κ3) is 6.44. The quantitative estimate of drug-likeness (QED) is 0.483. The van der Waals surface area contributed by atoms with Gasteiger partial charge >= 0.3 is 6.18 Å². The summed E-state index contributed by atoms with van der Waals surface area (Å²) >= 11 is 0. The van der Waals surface area contributed by atoms with E-state index in [-0.39, 0.29) is 4.90 Å². The van der Waals surface area contributed by atoms with Gasteiger partial charge in [0.25, 0.3) is 0 Å². The van der Waals surface area contributed by atoms with Crippen LogP contribution in [-0.2, 0) is 16.2 Å². The van der Waals surface area contributed by atoms with E-state index in [4.69, 9.17) is 0 Å². The fourth-order valence-electron chi connectivity index (χ4n) is 3.03. The van der Waals surface area contributed by atoms with Crippen molar-refractivity contribution in [3.05, 3.63) is 77.4 Å². The zero-order valence-electron chi connectivity index (χ0n) is 16.5. The van der Waals surface area contributed by atoms with Gasteiger partial charge in [-0.3, -0.25) is 0 Å². The van der Waals surface area contributed by atoms with Gasteiger partial charge in [0.15, 0.2) is 0 Å². The number of nitrogens with one attached hydrogen (secondary N) is 1. The maximum atomic E-state index is 12.9. The molecular formula is C22H26F3NO2S. The Morgan fingerprint density at radius 1 is 1.00 bits per heavy atom. The van der Waals surface area contributed by atoms with Crippen LogP contribution in [0.3, 0.4) is 0 Å². The Hall–Kier alpha value is -2.12. The van der Waals surface area contributed by atoms with Crippen molar-refractivity contribution in [3.8, 4) is 0 Å². The van der Waals surface area contributed by atoms with Crippen molar-refractivity contribution in [1.82, 2.24) is 4.72 Å². The zero-order valence-corrected chi connectivity index (χ0v) is 17.4. The standard InChI is InChI=1S/C22H26F3NO2S/c1-3-5-10-17(9-4-2)21(18-11-7-6-8-12-18)26-29(27,28)20-15-13-19(14-16-20)22(23,24)25/h6-8,10-16,21,26H,3-5,9H2,1-2H3/b17-10+/t21-/m1/s1. The number of rotatable bonds is 9. The van der Waals surface area contributed by atoms with Crippen LogP contribution in [0.4, 0.5) is 13.2 Å². The van der Waals surface area contributed by atoms with Gasteiger partial charge in [0, 0.05) is 0 Å². The third-order valence-electron chi connectivity index (χ3n) is 4.50. The molecule has 0 aliphatic heterocycles. The highest BCUT2D eigenvalue weighted by Crippen LogP contribution is 2.31. The number of benzene rings is 2. The lowest BCUT2D eigenvalue weighted by atomic mass is 9.95. The van der Waals surface area contributed by atoms with Crippen LogP contribution < -0.4 is 4.72 Å². The van der Waals surface area contributed by atoms with Gasteiger partial charge in [0.1, 0.15) is 0 Å². The lowest BCUT2D eigenvalue weighted by molar-refractivity contribution is -0.137. The van der Waals surface area contributed by atoms with Gasteiger partial charge in [0.05, 0.1) is 16.5 Å². The van der Waals surface area contributed by atoms with Crippen LogP contribution in [0.25, 0.3) is 0 Å². The van der Waals surface area contributed by atoms with Crippen molar-refractivity contribution >= 4 is 10.0 Å². The first kappa shape index (κ1) is 23.2. The summed E-state index contributed by atoms with van der Waals surface area (Å²) in [6.45, 7) is 4.07. The van der Waals surface area contributed by atoms with Crippen LogP contribution in [0.15, 0.2) is 71.1 Å². The van der Waals surface area contributed by atoms with E-state index in [2.05, 4.69) is 10.8 Å². The van der Waals surface area contributed by atoms with Crippen LogP contribution in [0.1, 0.15) is 56.7 Å². The number of allylic oxidation sites excluding steroid dienone is 1. The predicted molar refractivity (Wildman–Crippen MR) is 109 cm³/mol. The Morgan fingerprint density at radius 2 is 1.62 bits per heavy atom. The second-order valence-electron chi connectivity index (χ2n) is 6.80. The third-order valence-corrected chi connectivity index (χ3v) is 5.94. The average Bonchev–Trinajstić information content (AvgIpc) is 2.69. The summed E-state index contributed by atoms with van der Waals surface area (Å²) in [6.07, 6.45) is 0.854. The smallest absolute Gasteiger partial charge is 0.207 e. The highest BCUT2D eigenvalue weighted by Gasteiger charge is 2.31. The van der Waals surface area contributed by atoms with E-state index >= 15 is 0 Å². The first-order valence-electron chi connectivity index (χ1n) is 9.62. The average molecular weight is 426 g/mol. The molecule has 0 saturated heterocycles. The number of halogens is 3. The SMILES string of the molecule is CCC/C=C(\CCC)[C@@H](NS(=O)(=O)c1ccc(C(F)(F)F)cc1)c1ccccc1. The van der Waals surface area contributed by atoms with Crippen LogP contribution in [-0.4, -0.2) is 8.42 Å². The van der Waals surface area contributed by atoms with E-state index in [1.54, 1.807) is 0 Å². The molecule has 1 N–H and O–H groups in total. The predicted octanol–water partition coefficient (Wildman–Crippen LogP) is 6.25. The molecule has 2 aromatic rings. The van der Waals surface area contributed by atoms with Gasteiger partial charge in [-0.2, -0.15) is 17.9 Å². The molecule has 0 radical (unpaired) electrons. The minimum Gasteiger partial charge on any atom is -0.207 e. The molecule has 0 aromatic heterocycles. The Labute approximate surface area is 170 Å². The van der Waals surface area contributed by atoms with Gasteiger partial charge < -0.3 is 0 Å². The molecule has 0 saturated carbocycles. The van der Waals surface area contributed by atoms with E-state index in [0.29, 0.717) is 0 Å². The number of hydrogen-bond acceptors (Lipinski definition) is 2. The van der Waals surface area contributed by atoms with Crippen molar-refractivity contribution in [3.63, 3.8) is 0 Å². The minimum atomic E-state index is -4.51. The van der Waals surface area contributed by atoms with Gasteiger partial charge in [0.2, 0.25) is 10.0 Å². The highest BCUT2D eigenvalue weighted by atomic mass is 32.2. The number of unbranched alkanes of at least 4 members (excludes halogenated alkanes) is 1. The molecule has 0 spiro atoms. The second-order valence-corrected chi connectivity index (χ2v) is 8.52. The van der Waals surface area contributed by atoms with Crippen LogP contribution >= 0.6 is 0 Å². The molecule has 0 aliphatic carbocycles. The van der Waals surface area contributed by atoms with Gasteiger partial charge in [-0.15, -0.1) is 0 Å².